The molecule has 1 saturated carbocycles. The van der Waals surface area contributed by atoms with Gasteiger partial charge in [-0.25, -0.2) is 4.79 Å². The third-order valence-electron chi connectivity index (χ3n) is 13.0. The highest BCUT2D eigenvalue weighted by Crippen LogP contribution is 2.68. The van der Waals surface area contributed by atoms with Crippen LogP contribution in [0.3, 0.4) is 0 Å². The first-order valence-electron chi connectivity index (χ1n) is 20.6. The summed E-state index contributed by atoms with van der Waals surface area (Å²) in [5, 5.41) is 21.2. The van der Waals surface area contributed by atoms with E-state index in [-0.39, 0.29) is 54.2 Å². The molecule has 57 heavy (non-hydrogen) atoms. The standard InChI is InChI=1S/C46H60N2O9/c1-28(2)10-9-15-44(8)16-14-32-37(50)36-38(51)34-26-31-27-35-43(6,7)57-45(41(31)52,46(34,35)56-40(36)33(39(32)55-44)12-11-29(3)4)17-13-30(5)42(53)54-25-23-48-20-18-47(19-21-48)22-24-49/h10-11,13-14,16,26,31,35,49-50H,9,12,15,17-25,27H2,1-8H3/b30-13-/t31-,35+,44-,45+,46-/m1/s1. The topological polar surface area (TPSA) is 135 Å². The first kappa shape index (κ1) is 41.1. The van der Waals surface area contributed by atoms with Gasteiger partial charge in [0.25, 0.3) is 0 Å². The molecule has 308 valence electrons. The second-order valence-corrected chi connectivity index (χ2v) is 18.0. The fourth-order valence-electron chi connectivity index (χ4n) is 9.93. The summed E-state index contributed by atoms with van der Waals surface area (Å²) < 4.78 is 26.7. The van der Waals surface area contributed by atoms with Gasteiger partial charge in [0.15, 0.2) is 22.8 Å². The van der Waals surface area contributed by atoms with Crippen LogP contribution in [0, 0.1) is 11.8 Å². The van der Waals surface area contributed by atoms with E-state index in [1.54, 1.807) is 19.1 Å². The van der Waals surface area contributed by atoms with Crippen molar-refractivity contribution < 1.29 is 43.5 Å². The lowest BCUT2D eigenvalue weighted by atomic mass is 9.51. The molecule has 11 nitrogen and oxygen atoms in total. The fourth-order valence-corrected chi connectivity index (χ4v) is 9.93. The highest BCUT2D eigenvalue weighted by Gasteiger charge is 2.81. The van der Waals surface area contributed by atoms with Gasteiger partial charge in [-0.3, -0.25) is 19.4 Å². The number of benzene rings is 1. The second-order valence-electron chi connectivity index (χ2n) is 18.0. The number of carbonyl (C=O) groups excluding carboxylic acids is 3. The first-order chi connectivity index (χ1) is 27.0. The zero-order valence-electron chi connectivity index (χ0n) is 35.0. The molecule has 3 aliphatic carbocycles. The number of aliphatic hydroxyl groups is 1. The molecule has 0 radical (unpaired) electrons. The summed E-state index contributed by atoms with van der Waals surface area (Å²) in [6.45, 7) is 20.7. The molecule has 1 aromatic rings. The smallest absolute Gasteiger partial charge is 0.333 e. The molecule has 0 aromatic heterocycles. The lowest BCUT2D eigenvalue weighted by Crippen LogP contribution is -2.72. The van der Waals surface area contributed by atoms with Gasteiger partial charge in [0.05, 0.1) is 17.8 Å². The minimum Gasteiger partial charge on any atom is -0.506 e. The Bertz CT molecular complexity index is 1990. The number of allylic oxidation sites excluding steroid dienone is 5. The number of esters is 1. The number of nitrogens with zero attached hydrogens (tertiary/aromatic N) is 2. The number of β-amino-alcohol motifs (C(OH)–C–C–N with tert-alkyl or cyclic N) is 1. The summed E-state index contributed by atoms with van der Waals surface area (Å²) in [7, 11) is 0. The molecule has 2 saturated heterocycles. The maximum atomic E-state index is 15.0. The number of aromatic hydroxyl groups is 1. The number of aliphatic hydroxyl groups excluding tert-OH is 1. The van der Waals surface area contributed by atoms with Crippen LogP contribution in [0.25, 0.3) is 6.08 Å². The number of hydrogen-bond acceptors (Lipinski definition) is 11. The number of carbonyl (C=O) groups is 3. The highest BCUT2D eigenvalue weighted by molar-refractivity contribution is 6.19. The van der Waals surface area contributed by atoms with Crippen molar-refractivity contribution in [2.75, 3.05) is 52.5 Å². The van der Waals surface area contributed by atoms with E-state index in [2.05, 4.69) is 35.8 Å². The minimum atomic E-state index is -1.61. The Morgan fingerprint density at radius 3 is 2.30 bits per heavy atom. The lowest BCUT2D eigenvalue weighted by Gasteiger charge is -2.56. The van der Waals surface area contributed by atoms with Crippen LogP contribution in [-0.4, -0.2) is 112 Å². The van der Waals surface area contributed by atoms with Crippen molar-refractivity contribution in [3.05, 3.63) is 69.4 Å². The van der Waals surface area contributed by atoms with Crippen molar-refractivity contribution in [2.24, 2.45) is 11.8 Å². The molecule has 11 heteroatoms. The fraction of sp³-hybridized carbons (Fsp3) is 0.587. The third-order valence-corrected chi connectivity index (χ3v) is 13.0. The van der Waals surface area contributed by atoms with Crippen molar-refractivity contribution in [3.63, 3.8) is 0 Å². The maximum absolute atomic E-state index is 15.0. The van der Waals surface area contributed by atoms with Crippen molar-refractivity contribution in [1.82, 2.24) is 9.80 Å². The van der Waals surface area contributed by atoms with Crippen LogP contribution < -0.4 is 9.47 Å². The number of ketones is 2. The Morgan fingerprint density at radius 2 is 1.63 bits per heavy atom. The maximum Gasteiger partial charge on any atom is 0.333 e. The molecular weight excluding hydrogens is 725 g/mol. The van der Waals surface area contributed by atoms with E-state index in [0.29, 0.717) is 60.4 Å². The van der Waals surface area contributed by atoms with E-state index < -0.39 is 34.3 Å². The number of hydrogen-bond donors (Lipinski definition) is 2. The van der Waals surface area contributed by atoms with Crippen LogP contribution in [0.2, 0.25) is 0 Å². The van der Waals surface area contributed by atoms with Gasteiger partial charge in [0.2, 0.25) is 0 Å². The minimum absolute atomic E-state index is 0.00212. The SMILES string of the molecule is CC(C)=CCC[C@]1(C)C=Cc2c(O)c3c(c(CC=C(C)C)c2O1)O[C@]12C(=C[C@@H]4C[C@H]1C(C)(C)O[C@@]2(C/C=C(/C)C(=O)OCCN1CCN(CCO)CC1)C4=O)C3=O. The second kappa shape index (κ2) is 15.3. The van der Waals surface area contributed by atoms with Crippen molar-refractivity contribution >= 4 is 23.6 Å². The van der Waals surface area contributed by atoms with Crippen LogP contribution in [0.5, 0.6) is 17.2 Å². The molecule has 4 bridgehead atoms. The van der Waals surface area contributed by atoms with Gasteiger partial charge < -0.3 is 29.2 Å². The average Bonchev–Trinajstić information content (AvgIpc) is 3.31. The van der Waals surface area contributed by atoms with E-state index in [9.17, 15) is 19.8 Å². The molecular formula is C46H60N2O9. The molecule has 0 unspecified atom stereocenters. The van der Waals surface area contributed by atoms with E-state index in [1.165, 1.54) is 5.57 Å². The quantitative estimate of drug-likeness (QED) is 0.133. The molecule has 7 aliphatic rings. The molecule has 1 spiro atoms. The Kier molecular flexibility index (Phi) is 11.0. The van der Waals surface area contributed by atoms with Gasteiger partial charge in [-0.15, -0.1) is 0 Å². The summed E-state index contributed by atoms with van der Waals surface area (Å²) in [5.74, 6) is -1.54. The third kappa shape index (κ3) is 7.02. The van der Waals surface area contributed by atoms with E-state index >= 15 is 4.79 Å². The van der Waals surface area contributed by atoms with Crippen LogP contribution in [0.4, 0.5) is 0 Å². The summed E-state index contributed by atoms with van der Waals surface area (Å²) in [5.41, 5.74) is -0.594. The van der Waals surface area contributed by atoms with Gasteiger partial charge in [-0.05, 0) is 93.2 Å². The van der Waals surface area contributed by atoms with E-state index in [1.807, 2.05) is 46.8 Å². The molecule has 2 N–H and O–H groups in total. The number of ether oxygens (including phenoxy) is 4. The van der Waals surface area contributed by atoms with Gasteiger partial charge in [0.1, 0.15) is 35.0 Å². The van der Waals surface area contributed by atoms with Crippen molar-refractivity contribution in [2.45, 2.75) is 110 Å². The Morgan fingerprint density at radius 1 is 0.947 bits per heavy atom. The Labute approximate surface area is 337 Å². The van der Waals surface area contributed by atoms with Crippen LogP contribution in [0.1, 0.15) is 103 Å². The molecule has 0 amide bonds. The van der Waals surface area contributed by atoms with Crippen LogP contribution in [0.15, 0.2) is 52.7 Å². The summed E-state index contributed by atoms with van der Waals surface area (Å²) in [6, 6.07) is 0. The van der Waals surface area contributed by atoms with Gasteiger partial charge in [-0.1, -0.05) is 35.5 Å². The number of phenols is 1. The van der Waals surface area contributed by atoms with Gasteiger partial charge >= 0.3 is 5.97 Å². The first-order valence-corrected chi connectivity index (χ1v) is 20.6. The monoisotopic (exact) mass is 784 g/mol. The summed E-state index contributed by atoms with van der Waals surface area (Å²) in [4.78, 5) is 47.5. The Balaban J connectivity index is 1.24. The highest BCUT2D eigenvalue weighted by atomic mass is 16.6. The summed E-state index contributed by atoms with van der Waals surface area (Å²) >= 11 is 0. The number of piperazine rings is 1. The number of fused-ring (bicyclic) bond motifs is 2. The molecule has 4 heterocycles. The zero-order valence-corrected chi connectivity index (χ0v) is 35.0. The Hall–Kier alpha value is -4.03. The predicted molar refractivity (Wildman–Crippen MR) is 218 cm³/mol. The number of Topliss-reactive ketones (excluding diaryl/α,β-unsaturated/α-hetero) is 2. The molecule has 5 atom stereocenters. The van der Waals surface area contributed by atoms with Crippen LogP contribution in [-0.2, 0) is 25.5 Å². The molecule has 1 aromatic carbocycles. The van der Waals surface area contributed by atoms with Gasteiger partial charge in [-0.2, -0.15) is 0 Å². The number of phenolic OH excluding ortho intramolecular Hbond substituents is 1. The lowest BCUT2D eigenvalue weighted by molar-refractivity contribution is -0.171. The summed E-state index contributed by atoms with van der Waals surface area (Å²) in [6.07, 6.45) is 13.8. The number of rotatable bonds is 13. The van der Waals surface area contributed by atoms with Crippen molar-refractivity contribution in [3.8, 4) is 17.2 Å². The van der Waals surface area contributed by atoms with E-state index in [0.717, 1.165) is 38.2 Å². The molecule has 4 aliphatic heterocycles. The molecule has 3 fully saturated rings. The zero-order chi connectivity index (χ0) is 41.1. The normalized spacial score (nSPS) is 29.8. The van der Waals surface area contributed by atoms with E-state index in [4.69, 9.17) is 18.9 Å². The van der Waals surface area contributed by atoms with Crippen LogP contribution >= 0.6 is 0 Å². The average molecular weight is 785 g/mol. The molecule has 8 rings (SSSR count). The van der Waals surface area contributed by atoms with Crippen molar-refractivity contribution in [1.29, 1.82) is 0 Å². The largest absolute Gasteiger partial charge is 0.506 e. The predicted octanol–water partition coefficient (Wildman–Crippen LogP) is 6.31. The van der Waals surface area contributed by atoms with Gasteiger partial charge in [0, 0.05) is 74.2 Å².